The summed E-state index contributed by atoms with van der Waals surface area (Å²) in [6.07, 6.45) is 1.76. The average Bonchev–Trinajstić information content (AvgIpc) is 2.86. The predicted molar refractivity (Wildman–Crippen MR) is 82.1 cm³/mol. The average molecular weight is 308 g/mol. The number of hydrogen-bond acceptors (Lipinski definition) is 4. The van der Waals surface area contributed by atoms with Crippen LogP contribution in [-0.4, -0.2) is 26.9 Å². The molecule has 2 N–H and O–H groups in total. The van der Waals surface area contributed by atoms with Gasteiger partial charge in [-0.1, -0.05) is 30.7 Å². The van der Waals surface area contributed by atoms with Crippen molar-refractivity contribution in [2.45, 2.75) is 33.0 Å². The van der Waals surface area contributed by atoms with Crippen LogP contribution < -0.4 is 10.6 Å². The van der Waals surface area contributed by atoms with Gasteiger partial charge in [0.25, 0.3) is 0 Å². The molecule has 0 saturated carbocycles. The van der Waals surface area contributed by atoms with Crippen LogP contribution in [0.25, 0.3) is 0 Å². The third-order valence-corrected chi connectivity index (χ3v) is 2.96. The Kier molecular flexibility index (Phi) is 5.30. The first-order valence-corrected chi connectivity index (χ1v) is 7.08. The highest BCUT2D eigenvalue weighted by atomic mass is 35.5. The molecule has 0 aliphatic carbocycles. The zero-order chi connectivity index (χ0) is 15.2. The fraction of sp³-hybridized carbons (Fsp3) is 0.357. The number of carbonyl (C=O) groups excluding carboxylic acids is 1. The molecule has 1 amide bonds. The molecule has 0 aliphatic heterocycles. The minimum Gasteiger partial charge on any atom is -0.324 e. The molecule has 112 valence electrons. The first-order valence-electron chi connectivity index (χ1n) is 6.71. The van der Waals surface area contributed by atoms with Gasteiger partial charge in [0.15, 0.2) is 0 Å². The summed E-state index contributed by atoms with van der Waals surface area (Å²) < 4.78 is 1.52. The number of rotatable bonds is 6. The number of benzene rings is 1. The molecule has 0 fully saturated rings. The van der Waals surface area contributed by atoms with Crippen LogP contribution in [0.4, 0.5) is 5.69 Å². The van der Waals surface area contributed by atoms with E-state index >= 15 is 0 Å². The molecule has 1 aromatic heterocycles. The summed E-state index contributed by atoms with van der Waals surface area (Å²) in [7, 11) is 0. The number of halogens is 1. The minimum absolute atomic E-state index is 0.122. The van der Waals surface area contributed by atoms with E-state index in [1.165, 1.54) is 4.68 Å². The molecule has 0 unspecified atom stereocenters. The highest BCUT2D eigenvalue weighted by Gasteiger charge is 2.07. The molecule has 2 aromatic rings. The maximum Gasteiger partial charge on any atom is 0.246 e. The van der Waals surface area contributed by atoms with Gasteiger partial charge in [-0.05, 0) is 24.3 Å². The van der Waals surface area contributed by atoms with E-state index < -0.39 is 0 Å². The van der Waals surface area contributed by atoms with E-state index in [4.69, 9.17) is 11.6 Å². The first kappa shape index (κ1) is 15.5. The molecule has 0 saturated heterocycles. The smallest absolute Gasteiger partial charge is 0.246 e. The van der Waals surface area contributed by atoms with Crippen LogP contribution in [0.2, 0.25) is 5.02 Å². The van der Waals surface area contributed by atoms with Crippen LogP contribution in [0, 0.1) is 0 Å². The number of aromatic nitrogens is 3. The van der Waals surface area contributed by atoms with Crippen molar-refractivity contribution in [2.75, 3.05) is 5.32 Å². The minimum atomic E-state index is -0.161. The Labute approximate surface area is 128 Å². The zero-order valence-corrected chi connectivity index (χ0v) is 12.8. The zero-order valence-electron chi connectivity index (χ0n) is 12.0. The monoisotopic (exact) mass is 307 g/mol. The quantitative estimate of drug-likeness (QED) is 0.857. The molecule has 0 bridgehead atoms. The molecular formula is C14H18ClN5O. The van der Waals surface area contributed by atoms with E-state index in [2.05, 4.69) is 34.8 Å². The summed E-state index contributed by atoms with van der Waals surface area (Å²) in [5, 5.41) is 14.6. The normalized spacial score (nSPS) is 10.9. The summed E-state index contributed by atoms with van der Waals surface area (Å²) in [4.78, 5) is 11.9. The van der Waals surface area contributed by atoms with Gasteiger partial charge >= 0.3 is 0 Å². The fourth-order valence-corrected chi connectivity index (χ4v) is 1.81. The Morgan fingerprint density at radius 1 is 1.33 bits per heavy atom. The van der Waals surface area contributed by atoms with Gasteiger partial charge in [-0.25, -0.2) is 4.68 Å². The first-order chi connectivity index (χ1) is 10.0. The summed E-state index contributed by atoms with van der Waals surface area (Å²) in [5.41, 5.74) is 1.51. The van der Waals surface area contributed by atoms with E-state index in [0.717, 1.165) is 5.69 Å². The third-order valence-electron chi connectivity index (χ3n) is 2.71. The van der Waals surface area contributed by atoms with Crippen LogP contribution >= 0.6 is 11.6 Å². The molecule has 0 spiro atoms. The summed E-state index contributed by atoms with van der Waals surface area (Å²) in [6, 6.07) is 7.33. The lowest BCUT2D eigenvalue weighted by Crippen LogP contribution is -2.22. The number of nitrogens with one attached hydrogen (secondary N) is 2. The summed E-state index contributed by atoms with van der Waals surface area (Å²) in [5.74, 6) is -0.161. The van der Waals surface area contributed by atoms with Gasteiger partial charge in [-0.15, -0.1) is 5.10 Å². The van der Waals surface area contributed by atoms with Crippen molar-refractivity contribution in [1.82, 2.24) is 20.3 Å². The van der Waals surface area contributed by atoms with Crippen molar-refractivity contribution in [3.05, 3.63) is 41.2 Å². The molecule has 1 aromatic carbocycles. The van der Waals surface area contributed by atoms with Crippen LogP contribution in [-0.2, 0) is 17.9 Å². The maximum atomic E-state index is 11.9. The van der Waals surface area contributed by atoms with Crippen molar-refractivity contribution in [2.24, 2.45) is 0 Å². The molecule has 21 heavy (non-hydrogen) atoms. The van der Waals surface area contributed by atoms with E-state index in [1.807, 2.05) is 0 Å². The molecule has 0 radical (unpaired) electrons. The Hall–Kier alpha value is -1.92. The molecule has 0 aliphatic rings. The molecule has 2 rings (SSSR count). The fourth-order valence-electron chi connectivity index (χ4n) is 1.69. The number of anilines is 1. The van der Waals surface area contributed by atoms with Crippen molar-refractivity contribution >= 4 is 23.2 Å². The molecule has 0 atom stereocenters. The Morgan fingerprint density at radius 2 is 2.05 bits per heavy atom. The van der Waals surface area contributed by atoms with Gasteiger partial charge in [0, 0.05) is 23.3 Å². The van der Waals surface area contributed by atoms with Crippen LogP contribution in [0.1, 0.15) is 19.5 Å². The third kappa shape index (κ3) is 5.17. The summed E-state index contributed by atoms with van der Waals surface area (Å²) in [6.45, 7) is 4.88. The highest BCUT2D eigenvalue weighted by molar-refractivity contribution is 6.30. The Morgan fingerprint density at radius 3 is 2.71 bits per heavy atom. The van der Waals surface area contributed by atoms with E-state index in [1.54, 1.807) is 30.5 Å². The lowest BCUT2D eigenvalue weighted by molar-refractivity contribution is -0.116. The Bertz CT molecular complexity index is 594. The Balaban J connectivity index is 1.86. The van der Waals surface area contributed by atoms with Crippen molar-refractivity contribution in [1.29, 1.82) is 0 Å². The van der Waals surface area contributed by atoms with Crippen LogP contribution in [0.3, 0.4) is 0 Å². The molecule has 6 nitrogen and oxygen atoms in total. The predicted octanol–water partition coefficient (Wildman–Crippen LogP) is 2.07. The second kappa shape index (κ2) is 7.19. The van der Waals surface area contributed by atoms with Gasteiger partial charge in [-0.2, -0.15) is 0 Å². The number of carbonyl (C=O) groups is 1. The number of amides is 1. The van der Waals surface area contributed by atoms with Gasteiger partial charge in [0.05, 0.1) is 11.9 Å². The van der Waals surface area contributed by atoms with Crippen molar-refractivity contribution in [3.8, 4) is 0 Å². The molecule has 7 heteroatoms. The standard InChI is InChI=1S/C14H18ClN5O/c1-10(2)16-7-13-8-20(19-18-13)9-14(21)17-12-5-3-11(15)4-6-12/h3-6,8,10,16H,7,9H2,1-2H3,(H,17,21). The number of nitrogens with zero attached hydrogens (tertiary/aromatic N) is 3. The van der Waals surface area contributed by atoms with Gasteiger partial charge in [0.2, 0.25) is 5.91 Å². The van der Waals surface area contributed by atoms with E-state index in [9.17, 15) is 4.79 Å². The van der Waals surface area contributed by atoms with Crippen molar-refractivity contribution in [3.63, 3.8) is 0 Å². The van der Waals surface area contributed by atoms with Gasteiger partial charge in [0.1, 0.15) is 6.54 Å². The van der Waals surface area contributed by atoms with Crippen LogP contribution in [0.15, 0.2) is 30.5 Å². The topological polar surface area (TPSA) is 71.8 Å². The molecular weight excluding hydrogens is 290 g/mol. The van der Waals surface area contributed by atoms with E-state index in [0.29, 0.717) is 23.3 Å². The van der Waals surface area contributed by atoms with Gasteiger partial charge < -0.3 is 10.6 Å². The van der Waals surface area contributed by atoms with Gasteiger partial charge in [-0.3, -0.25) is 4.79 Å². The maximum absolute atomic E-state index is 11.9. The van der Waals surface area contributed by atoms with Crippen LogP contribution in [0.5, 0.6) is 0 Å². The lowest BCUT2D eigenvalue weighted by Gasteiger charge is -2.05. The van der Waals surface area contributed by atoms with Crippen molar-refractivity contribution < 1.29 is 4.79 Å². The SMILES string of the molecule is CC(C)NCc1cn(CC(=O)Nc2ccc(Cl)cc2)nn1. The lowest BCUT2D eigenvalue weighted by atomic mass is 10.3. The largest absolute Gasteiger partial charge is 0.324 e. The van der Waals surface area contributed by atoms with E-state index in [-0.39, 0.29) is 12.5 Å². The second-order valence-corrected chi connectivity index (χ2v) is 5.43. The summed E-state index contributed by atoms with van der Waals surface area (Å²) >= 11 is 5.79. The second-order valence-electron chi connectivity index (χ2n) is 5.00. The molecule has 1 heterocycles. The highest BCUT2D eigenvalue weighted by Crippen LogP contribution is 2.13. The number of hydrogen-bond donors (Lipinski definition) is 2.